The monoisotopic (exact) mass is 592 g/mol. The van der Waals surface area contributed by atoms with Crippen LogP contribution in [0.15, 0.2) is 84.5 Å². The molecule has 2 aromatic heterocycles. The number of rotatable bonds is 5. The maximum Gasteiger partial charge on any atom is 0.338 e. The molecular weight excluding hydrogens is 572 g/mol. The van der Waals surface area contributed by atoms with Gasteiger partial charge in [-0.15, -0.1) is 0 Å². The quantitative estimate of drug-likeness (QED) is 0.316. The van der Waals surface area contributed by atoms with Crippen molar-refractivity contribution in [2.24, 2.45) is 4.99 Å². The van der Waals surface area contributed by atoms with Gasteiger partial charge in [0.05, 0.1) is 28.5 Å². The van der Waals surface area contributed by atoms with Crippen LogP contribution in [-0.4, -0.2) is 23.9 Å². The molecule has 0 spiro atoms. The molecule has 10 heteroatoms. The second kappa shape index (κ2) is 9.77. The second-order valence-electron chi connectivity index (χ2n) is 8.63. The molecule has 0 saturated heterocycles. The molecule has 1 atom stereocenters. The number of nitrogens with zero attached hydrogens (tertiary/aromatic N) is 2. The van der Waals surface area contributed by atoms with Crippen LogP contribution in [0.4, 0.5) is 0 Å². The lowest BCUT2D eigenvalue weighted by molar-refractivity contribution is -0.139. The zero-order valence-corrected chi connectivity index (χ0v) is 22.8. The van der Waals surface area contributed by atoms with E-state index in [-0.39, 0.29) is 19.0 Å². The molecule has 4 heterocycles. The van der Waals surface area contributed by atoms with Crippen LogP contribution in [0, 0.1) is 0 Å². The van der Waals surface area contributed by atoms with Gasteiger partial charge in [0.25, 0.3) is 5.56 Å². The maximum absolute atomic E-state index is 13.8. The van der Waals surface area contributed by atoms with E-state index in [1.54, 1.807) is 32.1 Å². The summed E-state index contributed by atoms with van der Waals surface area (Å²) in [5, 5.41) is 0. The topological polar surface area (TPSA) is 92.3 Å². The summed E-state index contributed by atoms with van der Waals surface area (Å²) in [4.78, 5) is 32.0. The number of benzene rings is 2. The molecule has 0 N–H and O–H groups in total. The van der Waals surface area contributed by atoms with Crippen molar-refractivity contribution in [1.29, 1.82) is 0 Å². The van der Waals surface area contributed by atoms with Gasteiger partial charge in [-0.3, -0.25) is 9.36 Å². The Morgan fingerprint density at radius 3 is 2.84 bits per heavy atom. The van der Waals surface area contributed by atoms with E-state index in [1.807, 2.05) is 42.5 Å². The number of hydrogen-bond acceptors (Lipinski definition) is 8. The average Bonchev–Trinajstić information content (AvgIpc) is 3.63. The Hall–Kier alpha value is -3.89. The lowest BCUT2D eigenvalue weighted by Gasteiger charge is -2.24. The molecule has 4 aromatic rings. The number of aromatic nitrogens is 1. The van der Waals surface area contributed by atoms with E-state index >= 15 is 0 Å². The van der Waals surface area contributed by atoms with Gasteiger partial charge in [-0.1, -0.05) is 45.5 Å². The van der Waals surface area contributed by atoms with E-state index in [0.717, 1.165) is 10.0 Å². The molecule has 0 aliphatic carbocycles. The summed E-state index contributed by atoms with van der Waals surface area (Å²) in [6, 6.07) is 16.1. The van der Waals surface area contributed by atoms with E-state index in [2.05, 4.69) is 20.9 Å². The minimum absolute atomic E-state index is 0.117. The first-order chi connectivity index (χ1) is 18.4. The SMILES string of the molecule is CCOC(=O)C1=C(C)N=c2sc(=Cc3ccc(-c4cccc(Br)c4)o3)c(=O)n2[C@@H]1c1ccc2c(c1)OCO2. The highest BCUT2D eigenvalue weighted by Gasteiger charge is 2.34. The van der Waals surface area contributed by atoms with Crippen LogP contribution in [0.1, 0.15) is 31.2 Å². The molecule has 2 aromatic carbocycles. The van der Waals surface area contributed by atoms with Gasteiger partial charge >= 0.3 is 5.97 Å². The first kappa shape index (κ1) is 24.4. The van der Waals surface area contributed by atoms with Crippen LogP contribution in [-0.2, 0) is 9.53 Å². The molecule has 2 aliphatic heterocycles. The molecule has 0 radical (unpaired) electrons. The molecule has 2 aliphatic rings. The first-order valence-electron chi connectivity index (χ1n) is 11.9. The Labute approximate surface area is 229 Å². The summed E-state index contributed by atoms with van der Waals surface area (Å²) in [6.45, 7) is 3.81. The van der Waals surface area contributed by atoms with Crippen molar-refractivity contribution in [3.05, 3.63) is 101 Å². The van der Waals surface area contributed by atoms with Crippen molar-refractivity contribution in [2.45, 2.75) is 19.9 Å². The van der Waals surface area contributed by atoms with Crippen LogP contribution in [0.5, 0.6) is 11.5 Å². The third-order valence-corrected chi connectivity index (χ3v) is 7.71. The Morgan fingerprint density at radius 1 is 1.18 bits per heavy atom. The second-order valence-corrected chi connectivity index (χ2v) is 10.6. The molecule has 0 bridgehead atoms. The van der Waals surface area contributed by atoms with Crippen molar-refractivity contribution in [1.82, 2.24) is 4.57 Å². The van der Waals surface area contributed by atoms with E-state index in [4.69, 9.17) is 18.6 Å². The van der Waals surface area contributed by atoms with Crippen LogP contribution in [0.25, 0.3) is 17.4 Å². The number of esters is 1. The third kappa shape index (κ3) is 4.29. The highest BCUT2D eigenvalue weighted by Crippen LogP contribution is 2.38. The summed E-state index contributed by atoms with van der Waals surface area (Å²) in [5.41, 5.74) is 2.12. The molecule has 0 fully saturated rings. The van der Waals surface area contributed by atoms with E-state index in [9.17, 15) is 9.59 Å². The number of hydrogen-bond donors (Lipinski definition) is 0. The number of carbonyl (C=O) groups excluding carboxylic acids is 1. The number of halogens is 1. The predicted molar refractivity (Wildman–Crippen MR) is 145 cm³/mol. The summed E-state index contributed by atoms with van der Waals surface area (Å²) in [5.74, 6) is 1.86. The summed E-state index contributed by atoms with van der Waals surface area (Å²) in [6.07, 6.45) is 1.70. The molecule has 6 rings (SSSR count). The summed E-state index contributed by atoms with van der Waals surface area (Å²) >= 11 is 4.72. The molecule has 38 heavy (non-hydrogen) atoms. The number of carbonyl (C=O) groups is 1. The molecule has 0 amide bonds. The van der Waals surface area contributed by atoms with Crippen molar-refractivity contribution in [3.8, 4) is 22.8 Å². The highest BCUT2D eigenvalue weighted by molar-refractivity contribution is 9.10. The third-order valence-electron chi connectivity index (χ3n) is 6.24. The summed E-state index contributed by atoms with van der Waals surface area (Å²) < 4.78 is 25.3. The van der Waals surface area contributed by atoms with Gasteiger partial charge in [0.15, 0.2) is 16.3 Å². The van der Waals surface area contributed by atoms with Crippen molar-refractivity contribution < 1.29 is 23.4 Å². The largest absolute Gasteiger partial charge is 0.463 e. The summed E-state index contributed by atoms with van der Waals surface area (Å²) in [7, 11) is 0. The van der Waals surface area contributed by atoms with Gasteiger partial charge in [0.2, 0.25) is 6.79 Å². The van der Waals surface area contributed by atoms with Crippen molar-refractivity contribution in [2.75, 3.05) is 13.4 Å². The lowest BCUT2D eigenvalue weighted by Crippen LogP contribution is -2.39. The number of fused-ring (bicyclic) bond motifs is 2. The minimum atomic E-state index is -0.740. The van der Waals surface area contributed by atoms with Gasteiger partial charge in [0.1, 0.15) is 11.5 Å². The van der Waals surface area contributed by atoms with Gasteiger partial charge in [0, 0.05) is 16.1 Å². The van der Waals surface area contributed by atoms with Crippen LogP contribution in [0.2, 0.25) is 0 Å². The average molecular weight is 593 g/mol. The molecule has 192 valence electrons. The Bertz CT molecular complexity index is 1800. The van der Waals surface area contributed by atoms with Gasteiger partial charge < -0.3 is 18.6 Å². The van der Waals surface area contributed by atoms with E-state index < -0.39 is 12.0 Å². The number of allylic oxidation sites excluding steroid dienone is 1. The number of furan rings is 1. The molecule has 0 unspecified atom stereocenters. The molecule has 0 saturated carbocycles. The number of thiazole rings is 1. The smallest absolute Gasteiger partial charge is 0.338 e. The lowest BCUT2D eigenvalue weighted by atomic mass is 9.95. The standard InChI is InChI=1S/C28H21BrN2O6S/c1-3-34-27(33)24-15(2)30-28-31(25(24)17-7-9-21-22(12-17)36-14-35-21)26(32)23(38-28)13-19-8-10-20(37-19)16-5-4-6-18(29)11-16/h4-13,25H,3,14H2,1-2H3/t25-/m1/s1. The predicted octanol–water partition coefficient (Wildman–Crippen LogP) is 4.55. The first-order valence-corrected chi connectivity index (χ1v) is 13.5. The zero-order chi connectivity index (χ0) is 26.4. The van der Waals surface area contributed by atoms with E-state index in [0.29, 0.717) is 49.2 Å². The Balaban J connectivity index is 1.48. The van der Waals surface area contributed by atoms with E-state index in [1.165, 1.54) is 15.9 Å². The Morgan fingerprint density at radius 2 is 2.03 bits per heavy atom. The molecule has 8 nitrogen and oxygen atoms in total. The zero-order valence-electron chi connectivity index (χ0n) is 20.4. The minimum Gasteiger partial charge on any atom is -0.463 e. The van der Waals surface area contributed by atoms with Crippen LogP contribution in [0.3, 0.4) is 0 Å². The highest BCUT2D eigenvalue weighted by atomic mass is 79.9. The fraction of sp³-hybridized carbons (Fsp3) is 0.179. The normalized spacial score (nSPS) is 16.4. The molecular formula is C28H21BrN2O6S. The van der Waals surface area contributed by atoms with Gasteiger partial charge in [-0.05, 0) is 55.8 Å². The Kier molecular flexibility index (Phi) is 6.29. The van der Waals surface area contributed by atoms with Crippen molar-refractivity contribution >= 4 is 39.3 Å². The fourth-order valence-electron chi connectivity index (χ4n) is 4.55. The van der Waals surface area contributed by atoms with Gasteiger partial charge in [-0.2, -0.15) is 0 Å². The maximum atomic E-state index is 13.8. The van der Waals surface area contributed by atoms with Gasteiger partial charge in [-0.25, -0.2) is 9.79 Å². The number of ether oxygens (including phenoxy) is 3. The van der Waals surface area contributed by atoms with Crippen LogP contribution >= 0.6 is 27.3 Å². The van der Waals surface area contributed by atoms with Crippen LogP contribution < -0.4 is 24.4 Å². The van der Waals surface area contributed by atoms with Crippen molar-refractivity contribution in [3.63, 3.8) is 0 Å². The fourth-order valence-corrected chi connectivity index (χ4v) is 5.97.